The van der Waals surface area contributed by atoms with Crippen LogP contribution in [-0.2, 0) is 26.6 Å². The van der Waals surface area contributed by atoms with E-state index in [2.05, 4.69) is 5.32 Å². The van der Waals surface area contributed by atoms with Crippen molar-refractivity contribution in [1.29, 1.82) is 0 Å². The SMILES string of the molecule is C[C@H](NC(=O)OC(C)(C)C)C(=O)O[C@@H](C)C(c1ccc(C(F)(F)F)cc1)c1ccc(C(F)(F)F)cc1. The summed E-state index contributed by atoms with van der Waals surface area (Å²) in [6, 6.07) is 6.94. The van der Waals surface area contributed by atoms with Gasteiger partial charge in [0.1, 0.15) is 17.7 Å². The van der Waals surface area contributed by atoms with E-state index in [4.69, 9.17) is 9.47 Å². The molecular formula is C25H27F6NO4. The molecule has 0 heterocycles. The highest BCUT2D eigenvalue weighted by molar-refractivity contribution is 5.81. The van der Waals surface area contributed by atoms with Gasteiger partial charge >= 0.3 is 24.4 Å². The fourth-order valence-corrected chi connectivity index (χ4v) is 3.39. The number of alkyl halides is 6. The molecule has 2 atom stereocenters. The van der Waals surface area contributed by atoms with Gasteiger partial charge in [-0.05, 0) is 70.0 Å². The molecule has 2 aromatic carbocycles. The largest absolute Gasteiger partial charge is 0.460 e. The Morgan fingerprint density at radius 2 is 1.14 bits per heavy atom. The zero-order valence-corrected chi connectivity index (χ0v) is 20.3. The van der Waals surface area contributed by atoms with E-state index in [-0.39, 0.29) is 11.1 Å². The number of hydrogen-bond acceptors (Lipinski definition) is 4. The minimum Gasteiger partial charge on any atom is -0.460 e. The second kappa shape index (κ2) is 10.8. The molecule has 0 aliphatic rings. The van der Waals surface area contributed by atoms with Crippen LogP contribution >= 0.6 is 0 Å². The first-order chi connectivity index (χ1) is 16.4. The first-order valence-corrected chi connectivity index (χ1v) is 10.9. The van der Waals surface area contributed by atoms with E-state index in [0.717, 1.165) is 24.3 Å². The van der Waals surface area contributed by atoms with Gasteiger partial charge in [-0.25, -0.2) is 9.59 Å². The predicted molar refractivity (Wildman–Crippen MR) is 119 cm³/mol. The predicted octanol–water partition coefficient (Wildman–Crippen LogP) is 6.70. The van der Waals surface area contributed by atoms with Crippen LogP contribution in [0.1, 0.15) is 62.8 Å². The fraction of sp³-hybridized carbons (Fsp3) is 0.440. The number of ether oxygens (including phenoxy) is 2. The van der Waals surface area contributed by atoms with E-state index in [1.807, 2.05) is 0 Å². The summed E-state index contributed by atoms with van der Waals surface area (Å²) >= 11 is 0. The number of benzene rings is 2. The van der Waals surface area contributed by atoms with Crippen LogP contribution in [0.4, 0.5) is 31.1 Å². The lowest BCUT2D eigenvalue weighted by Crippen LogP contribution is -2.43. The van der Waals surface area contributed by atoms with Crippen molar-refractivity contribution < 1.29 is 45.4 Å². The third-order valence-corrected chi connectivity index (χ3v) is 5.05. The maximum absolute atomic E-state index is 13.0. The van der Waals surface area contributed by atoms with Gasteiger partial charge in [-0.2, -0.15) is 26.3 Å². The van der Waals surface area contributed by atoms with Crippen molar-refractivity contribution in [2.24, 2.45) is 0 Å². The molecule has 198 valence electrons. The molecule has 0 saturated carbocycles. The summed E-state index contributed by atoms with van der Waals surface area (Å²) in [5.41, 5.74) is -2.04. The fourth-order valence-electron chi connectivity index (χ4n) is 3.39. The lowest BCUT2D eigenvalue weighted by Gasteiger charge is -2.27. The molecule has 0 radical (unpaired) electrons. The Labute approximate surface area is 204 Å². The van der Waals surface area contributed by atoms with Crippen molar-refractivity contribution >= 4 is 12.1 Å². The third-order valence-electron chi connectivity index (χ3n) is 5.05. The highest BCUT2D eigenvalue weighted by Crippen LogP contribution is 2.36. The normalized spacial score (nSPS) is 14.2. The van der Waals surface area contributed by atoms with E-state index in [1.165, 1.54) is 38.1 Å². The quantitative estimate of drug-likeness (QED) is 0.341. The minimum absolute atomic E-state index is 0.288. The third kappa shape index (κ3) is 8.17. The standard InChI is InChI=1S/C25H27F6NO4/c1-14(32-22(34)36-23(3,4)5)21(33)35-15(2)20(16-6-10-18(11-7-16)24(26,27)28)17-8-12-19(13-9-17)25(29,30)31/h6-15,20H,1-5H3,(H,32,34)/t14-,15-/m0/s1. The van der Waals surface area contributed by atoms with Gasteiger partial charge in [-0.1, -0.05) is 24.3 Å². The summed E-state index contributed by atoms with van der Waals surface area (Å²) in [4.78, 5) is 24.5. The molecule has 1 N–H and O–H groups in total. The molecular weight excluding hydrogens is 492 g/mol. The first kappa shape index (κ1) is 29.0. The number of carbonyl (C=O) groups excluding carboxylic acids is 2. The van der Waals surface area contributed by atoms with E-state index < -0.39 is 59.2 Å². The summed E-state index contributed by atoms with van der Waals surface area (Å²) in [6.45, 7) is 7.71. The average Bonchev–Trinajstić information content (AvgIpc) is 2.72. The zero-order chi connectivity index (χ0) is 27.5. The molecule has 0 fully saturated rings. The van der Waals surface area contributed by atoms with Crippen LogP contribution in [0.2, 0.25) is 0 Å². The molecule has 0 spiro atoms. The molecule has 1 amide bonds. The number of rotatable bonds is 6. The molecule has 11 heteroatoms. The van der Waals surface area contributed by atoms with Crippen LogP contribution in [0, 0.1) is 0 Å². The number of carbonyl (C=O) groups is 2. The van der Waals surface area contributed by atoms with Gasteiger partial charge in [0.2, 0.25) is 0 Å². The lowest BCUT2D eigenvalue weighted by molar-refractivity contribution is -0.151. The Kier molecular flexibility index (Phi) is 8.69. The maximum atomic E-state index is 13.0. The van der Waals surface area contributed by atoms with Crippen LogP contribution in [0.3, 0.4) is 0 Å². The monoisotopic (exact) mass is 519 g/mol. The Morgan fingerprint density at radius 3 is 1.47 bits per heavy atom. The van der Waals surface area contributed by atoms with E-state index in [0.29, 0.717) is 0 Å². The molecule has 0 bridgehead atoms. The Hall–Kier alpha value is -3.24. The van der Waals surface area contributed by atoms with Gasteiger partial charge in [0.25, 0.3) is 0 Å². The number of halogens is 6. The van der Waals surface area contributed by atoms with Crippen molar-refractivity contribution in [2.75, 3.05) is 0 Å². The first-order valence-electron chi connectivity index (χ1n) is 10.9. The summed E-state index contributed by atoms with van der Waals surface area (Å²) < 4.78 is 88.6. The molecule has 2 rings (SSSR count). The van der Waals surface area contributed by atoms with E-state index in [9.17, 15) is 35.9 Å². The molecule has 2 aromatic rings. The van der Waals surface area contributed by atoms with Gasteiger partial charge in [0.15, 0.2) is 0 Å². The van der Waals surface area contributed by atoms with Crippen LogP contribution in [0.25, 0.3) is 0 Å². The molecule has 0 aromatic heterocycles. The van der Waals surface area contributed by atoms with E-state index in [1.54, 1.807) is 20.8 Å². The summed E-state index contributed by atoms with van der Waals surface area (Å²) in [5.74, 6) is -1.76. The highest BCUT2D eigenvalue weighted by atomic mass is 19.4. The summed E-state index contributed by atoms with van der Waals surface area (Å²) in [5, 5.41) is 2.32. The average molecular weight is 519 g/mol. The molecule has 0 aliphatic carbocycles. The van der Waals surface area contributed by atoms with Gasteiger partial charge in [-0.15, -0.1) is 0 Å². The smallest absolute Gasteiger partial charge is 0.416 e. The van der Waals surface area contributed by atoms with Crippen molar-refractivity contribution in [3.63, 3.8) is 0 Å². The summed E-state index contributed by atoms with van der Waals surface area (Å²) in [7, 11) is 0. The molecule has 5 nitrogen and oxygen atoms in total. The van der Waals surface area contributed by atoms with Gasteiger partial charge in [0.05, 0.1) is 11.1 Å². The minimum atomic E-state index is -4.58. The van der Waals surface area contributed by atoms with Gasteiger partial charge < -0.3 is 14.8 Å². The molecule has 36 heavy (non-hydrogen) atoms. The van der Waals surface area contributed by atoms with Gasteiger partial charge in [0, 0.05) is 5.92 Å². The van der Waals surface area contributed by atoms with Crippen LogP contribution in [-0.4, -0.2) is 29.8 Å². The van der Waals surface area contributed by atoms with E-state index >= 15 is 0 Å². The van der Waals surface area contributed by atoms with Crippen LogP contribution < -0.4 is 5.32 Å². The lowest BCUT2D eigenvalue weighted by atomic mass is 9.86. The number of esters is 1. The van der Waals surface area contributed by atoms with Crippen LogP contribution in [0.15, 0.2) is 48.5 Å². The van der Waals surface area contributed by atoms with Gasteiger partial charge in [-0.3, -0.25) is 0 Å². The molecule has 0 unspecified atom stereocenters. The van der Waals surface area contributed by atoms with Crippen molar-refractivity contribution in [2.45, 2.75) is 70.6 Å². The van der Waals surface area contributed by atoms with Crippen molar-refractivity contribution in [1.82, 2.24) is 5.32 Å². The highest BCUT2D eigenvalue weighted by Gasteiger charge is 2.34. The molecule has 0 aliphatic heterocycles. The van der Waals surface area contributed by atoms with Crippen LogP contribution in [0.5, 0.6) is 0 Å². The van der Waals surface area contributed by atoms with Crippen molar-refractivity contribution in [3.8, 4) is 0 Å². The Bertz CT molecular complexity index is 983. The number of nitrogens with one attached hydrogen (secondary N) is 1. The number of alkyl carbamates (subject to hydrolysis) is 1. The zero-order valence-electron chi connectivity index (χ0n) is 20.3. The summed E-state index contributed by atoms with van der Waals surface area (Å²) in [6.07, 6.45) is -11.0. The maximum Gasteiger partial charge on any atom is 0.416 e. The van der Waals surface area contributed by atoms with Crippen molar-refractivity contribution in [3.05, 3.63) is 70.8 Å². The second-order valence-corrected chi connectivity index (χ2v) is 9.23. The topological polar surface area (TPSA) is 64.6 Å². The molecule has 0 saturated heterocycles. The number of hydrogen-bond donors (Lipinski definition) is 1. The second-order valence-electron chi connectivity index (χ2n) is 9.23. The Balaban J connectivity index is 2.32. The number of amides is 1. The Morgan fingerprint density at radius 1 is 0.750 bits per heavy atom.